The number of benzene rings is 1. The van der Waals surface area contributed by atoms with Gasteiger partial charge in [0.15, 0.2) is 0 Å². The SMILES string of the molecule is CCCC(=O)N1CCC(NC(=O)CCc2ccccc2OC)CC1. The summed E-state index contributed by atoms with van der Waals surface area (Å²) >= 11 is 0. The predicted octanol–water partition coefficient (Wildman–Crippen LogP) is 2.54. The minimum absolute atomic E-state index is 0.0687. The lowest BCUT2D eigenvalue weighted by Gasteiger charge is -2.32. The smallest absolute Gasteiger partial charge is 0.222 e. The first-order valence-electron chi connectivity index (χ1n) is 8.83. The van der Waals surface area contributed by atoms with Crippen molar-refractivity contribution >= 4 is 11.8 Å². The molecule has 1 aromatic rings. The van der Waals surface area contributed by atoms with Crippen molar-refractivity contribution in [1.29, 1.82) is 0 Å². The van der Waals surface area contributed by atoms with Crippen molar-refractivity contribution in [3.8, 4) is 5.75 Å². The average molecular weight is 332 g/mol. The molecular formula is C19H28N2O3. The zero-order valence-corrected chi connectivity index (χ0v) is 14.7. The molecule has 5 nitrogen and oxygen atoms in total. The van der Waals surface area contributed by atoms with Gasteiger partial charge in [-0.2, -0.15) is 0 Å². The normalized spacial score (nSPS) is 15.2. The van der Waals surface area contributed by atoms with E-state index in [0.717, 1.165) is 43.7 Å². The molecule has 1 aliphatic rings. The van der Waals surface area contributed by atoms with Crippen LogP contribution in [0.25, 0.3) is 0 Å². The Hall–Kier alpha value is -2.04. The van der Waals surface area contributed by atoms with Crippen molar-refractivity contribution in [2.24, 2.45) is 0 Å². The number of nitrogens with zero attached hydrogens (tertiary/aromatic N) is 1. The van der Waals surface area contributed by atoms with Crippen LogP contribution in [-0.2, 0) is 16.0 Å². The molecule has 0 radical (unpaired) electrons. The van der Waals surface area contributed by atoms with Crippen molar-refractivity contribution in [2.45, 2.75) is 51.5 Å². The lowest BCUT2D eigenvalue weighted by molar-refractivity contribution is -0.132. The molecule has 1 fully saturated rings. The van der Waals surface area contributed by atoms with Gasteiger partial charge in [0.05, 0.1) is 7.11 Å². The van der Waals surface area contributed by atoms with E-state index in [-0.39, 0.29) is 17.9 Å². The number of carbonyl (C=O) groups excluding carboxylic acids is 2. The molecule has 2 rings (SSSR count). The summed E-state index contributed by atoms with van der Waals surface area (Å²) in [5.41, 5.74) is 1.05. The zero-order chi connectivity index (χ0) is 17.4. The summed E-state index contributed by atoms with van der Waals surface area (Å²) in [4.78, 5) is 26.0. The number of piperidine rings is 1. The fraction of sp³-hybridized carbons (Fsp3) is 0.579. The van der Waals surface area contributed by atoms with Gasteiger partial charge in [-0.05, 0) is 37.3 Å². The molecule has 2 amide bonds. The van der Waals surface area contributed by atoms with E-state index in [9.17, 15) is 9.59 Å². The Balaban J connectivity index is 1.73. The van der Waals surface area contributed by atoms with Gasteiger partial charge in [-0.3, -0.25) is 9.59 Å². The van der Waals surface area contributed by atoms with Crippen LogP contribution >= 0.6 is 0 Å². The fourth-order valence-electron chi connectivity index (χ4n) is 3.10. The maximum Gasteiger partial charge on any atom is 0.222 e. The van der Waals surface area contributed by atoms with Crippen molar-refractivity contribution in [3.05, 3.63) is 29.8 Å². The van der Waals surface area contributed by atoms with Crippen molar-refractivity contribution in [2.75, 3.05) is 20.2 Å². The van der Waals surface area contributed by atoms with E-state index in [2.05, 4.69) is 5.32 Å². The highest BCUT2D eigenvalue weighted by Crippen LogP contribution is 2.19. The van der Waals surface area contributed by atoms with Crippen molar-refractivity contribution < 1.29 is 14.3 Å². The number of nitrogens with one attached hydrogen (secondary N) is 1. The lowest BCUT2D eigenvalue weighted by atomic mass is 10.0. The number of aryl methyl sites for hydroxylation is 1. The van der Waals surface area contributed by atoms with Crippen LogP contribution in [0.4, 0.5) is 0 Å². The van der Waals surface area contributed by atoms with Crippen molar-refractivity contribution in [1.82, 2.24) is 10.2 Å². The third-order valence-corrected chi connectivity index (χ3v) is 4.49. The summed E-state index contributed by atoms with van der Waals surface area (Å²) < 4.78 is 5.31. The molecule has 1 N–H and O–H groups in total. The van der Waals surface area contributed by atoms with Gasteiger partial charge in [0, 0.05) is 32.0 Å². The molecular weight excluding hydrogens is 304 g/mol. The molecule has 0 aliphatic carbocycles. The minimum atomic E-state index is 0.0687. The number of hydrogen-bond donors (Lipinski definition) is 1. The largest absolute Gasteiger partial charge is 0.496 e. The first kappa shape index (κ1) is 18.3. The van der Waals surface area contributed by atoms with Gasteiger partial charge in [-0.25, -0.2) is 0 Å². The number of carbonyl (C=O) groups is 2. The van der Waals surface area contributed by atoms with Crippen molar-refractivity contribution in [3.63, 3.8) is 0 Å². The number of likely N-dealkylation sites (tertiary alicyclic amines) is 1. The van der Waals surface area contributed by atoms with E-state index in [1.807, 2.05) is 36.1 Å². The monoisotopic (exact) mass is 332 g/mol. The summed E-state index contributed by atoms with van der Waals surface area (Å²) in [5.74, 6) is 1.13. The number of hydrogen-bond acceptors (Lipinski definition) is 3. The van der Waals surface area contributed by atoms with Crippen LogP contribution in [0.15, 0.2) is 24.3 Å². The second-order valence-corrected chi connectivity index (χ2v) is 6.28. The maximum atomic E-state index is 12.2. The summed E-state index contributed by atoms with van der Waals surface area (Å²) in [6.45, 7) is 3.51. The Morgan fingerprint density at radius 3 is 2.58 bits per heavy atom. The van der Waals surface area contributed by atoms with E-state index in [0.29, 0.717) is 19.3 Å². The molecule has 0 bridgehead atoms. The van der Waals surface area contributed by atoms with Crippen LogP contribution < -0.4 is 10.1 Å². The molecule has 0 unspecified atom stereocenters. The minimum Gasteiger partial charge on any atom is -0.496 e. The van der Waals surface area contributed by atoms with Crippen LogP contribution in [0.5, 0.6) is 5.75 Å². The van der Waals surface area contributed by atoms with Crippen LogP contribution in [0.2, 0.25) is 0 Å². The number of methoxy groups -OCH3 is 1. The highest BCUT2D eigenvalue weighted by molar-refractivity contribution is 5.77. The third-order valence-electron chi connectivity index (χ3n) is 4.49. The Morgan fingerprint density at radius 1 is 1.21 bits per heavy atom. The van der Waals surface area contributed by atoms with Crippen LogP contribution in [0, 0.1) is 0 Å². The first-order valence-corrected chi connectivity index (χ1v) is 8.83. The second kappa shape index (κ2) is 9.30. The quantitative estimate of drug-likeness (QED) is 0.835. The van der Waals surface area contributed by atoms with Crippen LogP contribution in [-0.4, -0.2) is 43.0 Å². The van der Waals surface area contributed by atoms with E-state index in [1.165, 1.54) is 0 Å². The molecule has 5 heteroatoms. The highest BCUT2D eigenvalue weighted by Gasteiger charge is 2.23. The Kier molecular flexibility index (Phi) is 7.09. The van der Waals surface area contributed by atoms with E-state index >= 15 is 0 Å². The zero-order valence-electron chi connectivity index (χ0n) is 14.7. The molecule has 24 heavy (non-hydrogen) atoms. The molecule has 0 atom stereocenters. The Bertz CT molecular complexity index is 551. The standard InChI is InChI=1S/C19H28N2O3/c1-3-6-19(23)21-13-11-16(12-14-21)20-18(22)10-9-15-7-4-5-8-17(15)24-2/h4-5,7-8,16H,3,6,9-14H2,1-2H3,(H,20,22). The molecule has 132 valence electrons. The van der Waals surface area contributed by atoms with E-state index in [4.69, 9.17) is 4.74 Å². The summed E-state index contributed by atoms with van der Waals surface area (Å²) in [6.07, 6.45) is 4.32. The topological polar surface area (TPSA) is 58.6 Å². The first-order chi connectivity index (χ1) is 11.6. The summed E-state index contributed by atoms with van der Waals surface area (Å²) in [7, 11) is 1.65. The van der Waals surface area contributed by atoms with Crippen LogP contribution in [0.3, 0.4) is 0 Å². The van der Waals surface area contributed by atoms with Gasteiger partial charge < -0.3 is 15.0 Å². The molecule has 1 saturated heterocycles. The highest BCUT2D eigenvalue weighted by atomic mass is 16.5. The third kappa shape index (κ3) is 5.25. The molecule has 0 spiro atoms. The molecule has 1 aromatic carbocycles. The molecule has 0 saturated carbocycles. The molecule has 1 aliphatic heterocycles. The summed E-state index contributed by atoms with van der Waals surface area (Å²) in [5, 5.41) is 3.10. The van der Waals surface area contributed by atoms with Gasteiger partial charge in [-0.1, -0.05) is 25.1 Å². The average Bonchev–Trinajstić information content (AvgIpc) is 2.61. The lowest BCUT2D eigenvalue weighted by Crippen LogP contribution is -2.46. The second-order valence-electron chi connectivity index (χ2n) is 6.28. The van der Waals surface area contributed by atoms with Gasteiger partial charge in [0.2, 0.25) is 11.8 Å². The van der Waals surface area contributed by atoms with E-state index in [1.54, 1.807) is 7.11 Å². The number of para-hydroxylation sites is 1. The predicted molar refractivity (Wildman–Crippen MR) is 94.0 cm³/mol. The Morgan fingerprint density at radius 2 is 1.92 bits per heavy atom. The van der Waals surface area contributed by atoms with Gasteiger partial charge in [0.25, 0.3) is 0 Å². The van der Waals surface area contributed by atoms with Gasteiger partial charge >= 0.3 is 0 Å². The molecule has 1 heterocycles. The summed E-state index contributed by atoms with van der Waals surface area (Å²) in [6, 6.07) is 7.97. The van der Waals surface area contributed by atoms with Crippen LogP contribution in [0.1, 0.15) is 44.6 Å². The Labute approximate surface area is 144 Å². The van der Waals surface area contributed by atoms with E-state index < -0.39 is 0 Å². The number of ether oxygens (including phenoxy) is 1. The number of rotatable bonds is 7. The fourth-order valence-corrected chi connectivity index (χ4v) is 3.10. The van der Waals surface area contributed by atoms with Gasteiger partial charge in [0.1, 0.15) is 5.75 Å². The maximum absolute atomic E-state index is 12.2. The number of amides is 2. The van der Waals surface area contributed by atoms with Gasteiger partial charge in [-0.15, -0.1) is 0 Å². The molecule has 0 aromatic heterocycles.